The lowest BCUT2D eigenvalue weighted by Crippen LogP contribution is -2.50. The predicted octanol–water partition coefficient (Wildman–Crippen LogP) is 1.66. The molecule has 1 aromatic carbocycles. The first-order chi connectivity index (χ1) is 12.3. The van der Waals surface area contributed by atoms with E-state index in [1.807, 2.05) is 4.90 Å². The molecule has 9 heteroatoms. The van der Waals surface area contributed by atoms with E-state index in [4.69, 9.17) is 0 Å². The fourth-order valence-electron chi connectivity index (χ4n) is 2.85. The zero-order valence-corrected chi connectivity index (χ0v) is 15.5. The third kappa shape index (κ3) is 3.83. The number of fused-ring (bicyclic) bond motifs is 1. The lowest BCUT2D eigenvalue weighted by molar-refractivity contribution is -0.384. The molecule has 8 nitrogen and oxygen atoms in total. The van der Waals surface area contributed by atoms with Crippen LogP contribution < -0.4 is 0 Å². The van der Waals surface area contributed by atoms with Gasteiger partial charge in [0.25, 0.3) is 11.6 Å². The Morgan fingerprint density at radius 1 is 1.19 bits per heavy atom. The maximum atomic E-state index is 12.7. The van der Waals surface area contributed by atoms with Crippen molar-refractivity contribution in [3.63, 3.8) is 0 Å². The third-order valence-electron chi connectivity index (χ3n) is 4.44. The van der Waals surface area contributed by atoms with Gasteiger partial charge in [0, 0.05) is 62.5 Å². The summed E-state index contributed by atoms with van der Waals surface area (Å²) in [6, 6.07) is 6.35. The largest absolute Gasteiger partial charge is 0.348 e. The second kappa shape index (κ2) is 7.38. The number of nitro benzene ring substituents is 1. The van der Waals surface area contributed by atoms with Gasteiger partial charge < -0.3 is 9.80 Å². The zero-order chi connectivity index (χ0) is 18.8. The molecule has 0 spiro atoms. The molecule has 26 heavy (non-hydrogen) atoms. The second-order valence-electron chi connectivity index (χ2n) is 6.45. The van der Waals surface area contributed by atoms with Crippen LogP contribution in [-0.2, 0) is 4.79 Å². The van der Waals surface area contributed by atoms with Gasteiger partial charge in [0.15, 0.2) is 0 Å². The van der Waals surface area contributed by atoms with Crippen molar-refractivity contribution < 1.29 is 14.5 Å². The summed E-state index contributed by atoms with van der Waals surface area (Å²) in [5, 5.41) is 11.6. The molecule has 0 unspecified atom stereocenters. The predicted molar refractivity (Wildman–Crippen MR) is 99.5 cm³/mol. The number of nitrogens with zero attached hydrogens (tertiary/aromatic N) is 4. The molecule has 0 radical (unpaired) electrons. The van der Waals surface area contributed by atoms with Crippen molar-refractivity contribution in [1.29, 1.82) is 0 Å². The zero-order valence-electron chi connectivity index (χ0n) is 14.7. The summed E-state index contributed by atoms with van der Waals surface area (Å²) in [4.78, 5) is 40.9. The van der Waals surface area contributed by atoms with E-state index in [-0.39, 0.29) is 17.5 Å². The fourth-order valence-corrected chi connectivity index (χ4v) is 3.86. The minimum atomic E-state index is -0.438. The summed E-state index contributed by atoms with van der Waals surface area (Å²) >= 11 is 1.35. The van der Waals surface area contributed by atoms with Crippen molar-refractivity contribution in [2.75, 3.05) is 46.8 Å². The highest BCUT2D eigenvalue weighted by Crippen LogP contribution is 2.29. The van der Waals surface area contributed by atoms with Crippen LogP contribution in [0.25, 0.3) is 10.1 Å². The average molecular weight is 376 g/mol. The summed E-state index contributed by atoms with van der Waals surface area (Å²) < 4.78 is 0.856. The highest BCUT2D eigenvalue weighted by molar-refractivity contribution is 7.20. The Labute approximate surface area is 154 Å². The molecule has 3 rings (SSSR count). The number of nitro groups is 1. The molecular formula is C17H20N4O4S. The number of non-ortho nitro benzene ring substituents is 1. The number of hydrogen-bond acceptors (Lipinski definition) is 6. The van der Waals surface area contributed by atoms with Crippen LogP contribution in [0.4, 0.5) is 5.69 Å². The van der Waals surface area contributed by atoms with E-state index in [0.29, 0.717) is 43.0 Å². The topological polar surface area (TPSA) is 87.0 Å². The van der Waals surface area contributed by atoms with E-state index < -0.39 is 4.92 Å². The summed E-state index contributed by atoms with van der Waals surface area (Å²) in [5.74, 6) is -0.0108. The van der Waals surface area contributed by atoms with Crippen molar-refractivity contribution in [3.8, 4) is 0 Å². The molecule has 0 N–H and O–H groups in total. The molecular weight excluding hydrogens is 356 g/mol. The number of benzene rings is 1. The summed E-state index contributed by atoms with van der Waals surface area (Å²) in [6.07, 6.45) is 0. The maximum absolute atomic E-state index is 12.7. The Morgan fingerprint density at radius 2 is 1.88 bits per heavy atom. The first-order valence-electron chi connectivity index (χ1n) is 8.25. The van der Waals surface area contributed by atoms with Gasteiger partial charge in [0.05, 0.1) is 16.3 Å². The Morgan fingerprint density at radius 3 is 2.50 bits per heavy atom. The van der Waals surface area contributed by atoms with Gasteiger partial charge in [-0.25, -0.2) is 0 Å². The Hall–Kier alpha value is -2.52. The highest BCUT2D eigenvalue weighted by atomic mass is 32.1. The number of thiophene rings is 1. The monoisotopic (exact) mass is 376 g/mol. The number of hydrogen-bond donors (Lipinski definition) is 0. The minimum Gasteiger partial charge on any atom is -0.348 e. The number of amides is 2. The van der Waals surface area contributed by atoms with Crippen LogP contribution in [-0.4, -0.2) is 78.3 Å². The van der Waals surface area contributed by atoms with E-state index in [0.717, 1.165) is 4.70 Å². The summed E-state index contributed by atoms with van der Waals surface area (Å²) in [5.41, 5.74) is 0.0217. The van der Waals surface area contributed by atoms with Crippen LogP contribution in [0.15, 0.2) is 24.3 Å². The standard InChI is InChI=1S/C17H20N4O4S/c1-18(2)16(22)11-19-5-7-20(8-6-19)17(23)15-10-12-9-13(21(24)25)3-4-14(12)26-15/h3-4,9-10H,5-8,11H2,1-2H3. The molecule has 0 atom stereocenters. The molecule has 1 saturated heterocycles. The Bertz CT molecular complexity index is 856. The average Bonchev–Trinajstić information content (AvgIpc) is 3.04. The van der Waals surface area contributed by atoms with Gasteiger partial charge in [-0.15, -0.1) is 11.3 Å². The minimum absolute atomic E-state index is 0.0217. The third-order valence-corrected chi connectivity index (χ3v) is 5.54. The molecule has 1 aliphatic rings. The first kappa shape index (κ1) is 18.3. The van der Waals surface area contributed by atoms with Crippen molar-refractivity contribution in [2.24, 2.45) is 0 Å². The molecule has 0 aliphatic carbocycles. The molecule has 2 amide bonds. The van der Waals surface area contributed by atoms with Crippen LogP contribution in [0.1, 0.15) is 9.67 Å². The van der Waals surface area contributed by atoms with Gasteiger partial charge in [-0.2, -0.15) is 0 Å². The number of piperazine rings is 1. The molecule has 2 heterocycles. The SMILES string of the molecule is CN(C)C(=O)CN1CCN(C(=O)c2cc3cc([N+](=O)[O-])ccc3s2)CC1. The first-order valence-corrected chi connectivity index (χ1v) is 9.06. The second-order valence-corrected chi connectivity index (χ2v) is 7.53. The number of likely N-dealkylation sites (N-methyl/N-ethyl adjacent to an activating group) is 1. The quantitative estimate of drug-likeness (QED) is 0.598. The van der Waals surface area contributed by atoms with Gasteiger partial charge in [0.1, 0.15) is 0 Å². The van der Waals surface area contributed by atoms with Gasteiger partial charge in [-0.05, 0) is 12.1 Å². The number of rotatable bonds is 4. The van der Waals surface area contributed by atoms with Crippen molar-refractivity contribution in [3.05, 3.63) is 39.3 Å². The van der Waals surface area contributed by atoms with E-state index in [9.17, 15) is 19.7 Å². The molecule has 1 aliphatic heterocycles. The van der Waals surface area contributed by atoms with Gasteiger partial charge in [0.2, 0.25) is 5.91 Å². The van der Waals surface area contributed by atoms with Crippen molar-refractivity contribution in [2.45, 2.75) is 0 Å². The van der Waals surface area contributed by atoms with Crippen LogP contribution in [0, 0.1) is 10.1 Å². The summed E-state index contributed by atoms with van der Waals surface area (Å²) in [6.45, 7) is 2.80. The van der Waals surface area contributed by atoms with E-state index in [1.165, 1.54) is 23.5 Å². The van der Waals surface area contributed by atoms with E-state index >= 15 is 0 Å². The molecule has 0 saturated carbocycles. The lowest BCUT2D eigenvalue weighted by atomic mass is 10.2. The Balaban J connectivity index is 1.66. The van der Waals surface area contributed by atoms with Crippen molar-refractivity contribution in [1.82, 2.24) is 14.7 Å². The number of carbonyl (C=O) groups is 2. The van der Waals surface area contributed by atoms with Crippen LogP contribution in [0.2, 0.25) is 0 Å². The van der Waals surface area contributed by atoms with Gasteiger partial charge >= 0.3 is 0 Å². The normalized spacial score (nSPS) is 15.2. The fraction of sp³-hybridized carbons (Fsp3) is 0.412. The molecule has 0 bridgehead atoms. The molecule has 138 valence electrons. The van der Waals surface area contributed by atoms with E-state index in [2.05, 4.69) is 0 Å². The molecule has 1 fully saturated rings. The highest BCUT2D eigenvalue weighted by Gasteiger charge is 2.25. The molecule has 1 aromatic heterocycles. The number of carbonyl (C=O) groups excluding carboxylic acids is 2. The lowest BCUT2D eigenvalue weighted by Gasteiger charge is -2.34. The smallest absolute Gasteiger partial charge is 0.270 e. The van der Waals surface area contributed by atoms with E-state index in [1.54, 1.807) is 36.0 Å². The molecule has 2 aromatic rings. The van der Waals surface area contributed by atoms with Crippen LogP contribution in [0.3, 0.4) is 0 Å². The van der Waals surface area contributed by atoms with Crippen molar-refractivity contribution >= 4 is 38.9 Å². The van der Waals surface area contributed by atoms with Gasteiger partial charge in [-0.1, -0.05) is 0 Å². The Kier molecular flexibility index (Phi) is 5.19. The maximum Gasteiger partial charge on any atom is 0.270 e. The van der Waals surface area contributed by atoms with Crippen LogP contribution in [0.5, 0.6) is 0 Å². The summed E-state index contributed by atoms with van der Waals surface area (Å²) in [7, 11) is 3.46. The van der Waals surface area contributed by atoms with Gasteiger partial charge in [-0.3, -0.25) is 24.6 Å². The van der Waals surface area contributed by atoms with Crippen LogP contribution >= 0.6 is 11.3 Å².